The van der Waals surface area contributed by atoms with E-state index < -0.39 is 23.1 Å². The first-order valence-electron chi connectivity index (χ1n) is 12.5. The number of hydrogen-bond donors (Lipinski definition) is 1. The summed E-state index contributed by atoms with van der Waals surface area (Å²) < 4.78 is 27.6. The second-order valence-electron chi connectivity index (χ2n) is 10.2. The molecule has 1 aliphatic carbocycles. The normalized spacial score (nSPS) is 18.8. The molecule has 0 unspecified atom stereocenters. The van der Waals surface area contributed by atoms with Gasteiger partial charge in [0.2, 0.25) is 11.8 Å². The summed E-state index contributed by atoms with van der Waals surface area (Å²) in [4.78, 5) is 31.9. The number of pyridine rings is 1. The van der Waals surface area contributed by atoms with Crippen LogP contribution >= 0.6 is 0 Å². The lowest BCUT2D eigenvalue weighted by Gasteiger charge is -2.30. The summed E-state index contributed by atoms with van der Waals surface area (Å²) in [5, 5.41) is 2.93. The molecule has 1 N–H and O–H groups in total. The highest BCUT2D eigenvalue weighted by molar-refractivity contribution is 6.06. The minimum Gasteiger partial charge on any atom is -0.332 e. The molecule has 2 aromatic carbocycles. The molecule has 0 fully saturated rings. The van der Waals surface area contributed by atoms with Gasteiger partial charge in [-0.15, -0.1) is 0 Å². The van der Waals surface area contributed by atoms with Crippen LogP contribution in [0.3, 0.4) is 0 Å². The predicted octanol–water partition coefficient (Wildman–Crippen LogP) is 5.61. The molecule has 2 amide bonds. The van der Waals surface area contributed by atoms with Crippen molar-refractivity contribution >= 4 is 23.7 Å². The van der Waals surface area contributed by atoms with E-state index in [4.69, 9.17) is 0 Å². The van der Waals surface area contributed by atoms with Crippen molar-refractivity contribution in [3.8, 4) is 0 Å². The van der Waals surface area contributed by atoms with Gasteiger partial charge in [0.25, 0.3) is 0 Å². The fraction of sp³-hybridized carbons (Fsp3) is 0.300. The molecule has 2 atom stereocenters. The Labute approximate surface area is 215 Å². The number of hydrogen-bond acceptors (Lipinski definition) is 3. The highest BCUT2D eigenvalue weighted by Gasteiger charge is 2.50. The number of rotatable bonds is 6. The van der Waals surface area contributed by atoms with E-state index in [1.807, 2.05) is 30.4 Å². The molecule has 2 aliphatic rings. The van der Waals surface area contributed by atoms with Gasteiger partial charge in [0.15, 0.2) is 0 Å². The van der Waals surface area contributed by atoms with E-state index in [1.165, 1.54) is 12.1 Å². The van der Waals surface area contributed by atoms with Crippen LogP contribution in [-0.2, 0) is 27.8 Å². The van der Waals surface area contributed by atoms with Gasteiger partial charge in [-0.1, -0.05) is 50.3 Å². The third-order valence-corrected chi connectivity index (χ3v) is 7.43. The molecule has 1 aliphatic heterocycles. The highest BCUT2D eigenvalue weighted by atomic mass is 19.1. The third kappa shape index (κ3) is 4.54. The zero-order valence-electron chi connectivity index (χ0n) is 21.1. The Morgan fingerprint density at radius 2 is 1.81 bits per heavy atom. The van der Waals surface area contributed by atoms with E-state index in [2.05, 4.69) is 22.4 Å². The second-order valence-corrected chi connectivity index (χ2v) is 10.2. The Kier molecular flexibility index (Phi) is 6.40. The number of amides is 2. The molecule has 1 aromatic heterocycles. The van der Waals surface area contributed by atoms with Crippen molar-refractivity contribution in [3.63, 3.8) is 0 Å². The smallest absolute Gasteiger partial charge is 0.237 e. The summed E-state index contributed by atoms with van der Waals surface area (Å²) in [6.07, 6.45) is 6.75. The summed E-state index contributed by atoms with van der Waals surface area (Å²) >= 11 is 0. The Balaban J connectivity index is 1.35. The van der Waals surface area contributed by atoms with Gasteiger partial charge in [-0.3, -0.25) is 9.59 Å². The number of halogens is 2. The summed E-state index contributed by atoms with van der Waals surface area (Å²) in [5.74, 6) is -1.07. The Morgan fingerprint density at radius 1 is 1.08 bits per heavy atom. The lowest BCUT2D eigenvalue weighted by Crippen LogP contribution is -2.36. The Bertz CT molecular complexity index is 1400. The number of fused-ring (bicyclic) bond motifs is 3. The van der Waals surface area contributed by atoms with Crippen molar-refractivity contribution in [2.24, 2.45) is 5.92 Å². The van der Waals surface area contributed by atoms with Gasteiger partial charge in [0.1, 0.15) is 17.5 Å². The standard InChI is InChI=1S/C30H29F2N3O2/c1-18(2)28(36)35(19(3)22-13-24(31)15-25(32)14-22)11-5-6-20-8-9-21-16-30(17-23(21)12-20)26-7-4-10-33-27(26)34-29(30)37/h4-10,12-15,18-19H,11,16-17H2,1-3H3,(H,33,34,37)/b6-5+/t19-,30-/m1/s1. The van der Waals surface area contributed by atoms with E-state index >= 15 is 0 Å². The highest BCUT2D eigenvalue weighted by Crippen LogP contribution is 2.46. The first-order chi connectivity index (χ1) is 17.7. The van der Waals surface area contributed by atoms with Crippen molar-refractivity contribution in [2.75, 3.05) is 11.9 Å². The zero-order chi connectivity index (χ0) is 26.3. The van der Waals surface area contributed by atoms with Crippen molar-refractivity contribution in [1.82, 2.24) is 9.88 Å². The zero-order valence-corrected chi connectivity index (χ0v) is 21.1. The van der Waals surface area contributed by atoms with Crippen LogP contribution in [0, 0.1) is 17.6 Å². The summed E-state index contributed by atoms with van der Waals surface area (Å²) in [5.41, 5.74) is 3.95. The van der Waals surface area contributed by atoms with Crippen LogP contribution in [0.15, 0.2) is 60.8 Å². The SMILES string of the molecule is CC(C)C(=O)N(C/C=C/c1ccc2c(c1)C[C@@]1(C2)C(=O)Nc2ncccc21)[C@H](C)c1cc(F)cc(F)c1. The first kappa shape index (κ1) is 24.8. The van der Waals surface area contributed by atoms with Gasteiger partial charge in [0.05, 0.1) is 11.5 Å². The second kappa shape index (κ2) is 9.54. The number of carbonyl (C=O) groups is 2. The van der Waals surface area contributed by atoms with E-state index in [9.17, 15) is 18.4 Å². The summed E-state index contributed by atoms with van der Waals surface area (Å²) in [6, 6.07) is 12.8. The molecule has 190 valence electrons. The lowest BCUT2D eigenvalue weighted by molar-refractivity contribution is -0.136. The fourth-order valence-corrected chi connectivity index (χ4v) is 5.46. The maximum Gasteiger partial charge on any atom is 0.237 e. The van der Waals surface area contributed by atoms with Crippen LogP contribution in [-0.4, -0.2) is 28.2 Å². The molecule has 3 aromatic rings. The maximum atomic E-state index is 13.8. The third-order valence-electron chi connectivity index (χ3n) is 7.43. The molecule has 1 spiro atoms. The van der Waals surface area contributed by atoms with Crippen LogP contribution in [0.25, 0.3) is 6.08 Å². The van der Waals surface area contributed by atoms with Gasteiger partial charge in [-0.25, -0.2) is 13.8 Å². The van der Waals surface area contributed by atoms with Crippen LogP contribution in [0.1, 0.15) is 54.6 Å². The molecule has 7 heteroatoms. The number of nitrogens with one attached hydrogen (secondary N) is 1. The molecular formula is C30H29F2N3O2. The van der Waals surface area contributed by atoms with Gasteiger partial charge in [-0.05, 0) is 60.2 Å². The number of nitrogens with zero attached hydrogens (tertiary/aromatic N) is 2. The van der Waals surface area contributed by atoms with E-state index in [-0.39, 0.29) is 17.7 Å². The summed E-state index contributed by atoms with van der Waals surface area (Å²) in [7, 11) is 0. The molecule has 0 bridgehead atoms. The average molecular weight is 502 g/mol. The minimum absolute atomic E-state index is 0.0138. The van der Waals surface area contributed by atoms with Gasteiger partial charge in [-0.2, -0.15) is 0 Å². The molecule has 0 saturated carbocycles. The minimum atomic E-state index is -0.667. The molecule has 0 radical (unpaired) electrons. The lowest BCUT2D eigenvalue weighted by atomic mass is 9.79. The average Bonchev–Trinajstić information content (AvgIpc) is 3.37. The van der Waals surface area contributed by atoms with Crippen LogP contribution in [0.5, 0.6) is 0 Å². The topological polar surface area (TPSA) is 62.3 Å². The van der Waals surface area contributed by atoms with E-state index in [0.717, 1.165) is 28.3 Å². The van der Waals surface area contributed by atoms with Crippen LogP contribution in [0.4, 0.5) is 14.6 Å². The van der Waals surface area contributed by atoms with Gasteiger partial charge in [0, 0.05) is 30.3 Å². The van der Waals surface area contributed by atoms with Crippen LogP contribution in [0.2, 0.25) is 0 Å². The van der Waals surface area contributed by atoms with Gasteiger partial charge < -0.3 is 10.2 Å². The van der Waals surface area contributed by atoms with E-state index in [0.29, 0.717) is 30.8 Å². The Hall–Kier alpha value is -3.87. The number of anilines is 1. The predicted molar refractivity (Wildman–Crippen MR) is 139 cm³/mol. The number of carbonyl (C=O) groups excluding carboxylic acids is 2. The Morgan fingerprint density at radius 3 is 2.54 bits per heavy atom. The van der Waals surface area contributed by atoms with Crippen LogP contribution < -0.4 is 5.32 Å². The molecule has 2 heterocycles. The van der Waals surface area contributed by atoms with Crippen molar-refractivity contribution in [3.05, 3.63) is 100 Å². The molecule has 5 rings (SSSR count). The molecule has 0 saturated heterocycles. The van der Waals surface area contributed by atoms with Gasteiger partial charge >= 0.3 is 0 Å². The van der Waals surface area contributed by atoms with E-state index in [1.54, 1.807) is 31.9 Å². The maximum absolute atomic E-state index is 13.8. The van der Waals surface area contributed by atoms with Crippen molar-refractivity contribution < 1.29 is 18.4 Å². The largest absolute Gasteiger partial charge is 0.332 e. The number of benzene rings is 2. The fourth-order valence-electron chi connectivity index (χ4n) is 5.46. The monoisotopic (exact) mass is 501 g/mol. The summed E-state index contributed by atoms with van der Waals surface area (Å²) in [6.45, 7) is 5.68. The molecule has 5 nitrogen and oxygen atoms in total. The van der Waals surface area contributed by atoms with Crippen molar-refractivity contribution in [2.45, 2.75) is 45.1 Å². The number of aromatic nitrogens is 1. The quantitative estimate of drug-likeness (QED) is 0.478. The van der Waals surface area contributed by atoms with Crippen molar-refractivity contribution in [1.29, 1.82) is 0 Å². The molecular weight excluding hydrogens is 472 g/mol. The molecule has 37 heavy (non-hydrogen) atoms. The first-order valence-corrected chi connectivity index (χ1v) is 12.5.